The van der Waals surface area contributed by atoms with Gasteiger partial charge in [-0.1, -0.05) is 30.3 Å². The second-order valence-corrected chi connectivity index (χ2v) is 8.88. The molecule has 2 aliphatic rings. The highest BCUT2D eigenvalue weighted by Crippen LogP contribution is 2.46. The Balaban J connectivity index is 1.35. The minimum Gasteiger partial charge on any atom is -0.441 e. The number of hydrogen-bond acceptors (Lipinski definition) is 3. The molecule has 5 rings (SSSR count). The summed E-state index contributed by atoms with van der Waals surface area (Å²) in [5.41, 5.74) is 4.01. The molecule has 3 heterocycles. The number of hydrogen-bond donors (Lipinski definition) is 1. The molecule has 150 valence electrons. The molecule has 0 bridgehead atoms. The third kappa shape index (κ3) is 3.18. The molecule has 5 nitrogen and oxygen atoms in total. The monoisotopic (exact) mass is 389 g/mol. The number of aromatic nitrogens is 2. The largest absolute Gasteiger partial charge is 0.441 e. The van der Waals surface area contributed by atoms with Gasteiger partial charge in [-0.3, -0.25) is 9.88 Å². The highest BCUT2D eigenvalue weighted by Gasteiger charge is 2.51. The van der Waals surface area contributed by atoms with E-state index >= 15 is 0 Å². The van der Waals surface area contributed by atoms with E-state index in [1.807, 2.05) is 55.4 Å². The molecule has 5 heteroatoms. The van der Waals surface area contributed by atoms with Gasteiger partial charge < -0.3 is 9.72 Å². The molecule has 1 amide bonds. The van der Waals surface area contributed by atoms with Crippen LogP contribution >= 0.6 is 0 Å². The van der Waals surface area contributed by atoms with Crippen LogP contribution in [0.5, 0.6) is 0 Å². The molecule has 1 saturated carbocycles. The summed E-state index contributed by atoms with van der Waals surface area (Å²) in [7, 11) is 0. The lowest BCUT2D eigenvalue weighted by Gasteiger charge is -2.38. The number of ether oxygens (including phenoxy) is 1. The normalized spacial score (nSPS) is 26.6. The first kappa shape index (κ1) is 18.2. The smallest absolute Gasteiger partial charge is 0.411 e. The Hall–Kier alpha value is -2.82. The second-order valence-electron chi connectivity index (χ2n) is 8.88. The Morgan fingerprint density at radius 2 is 1.83 bits per heavy atom. The number of fused-ring (bicyclic) bond motifs is 1. The Bertz CT molecular complexity index is 1020. The van der Waals surface area contributed by atoms with E-state index in [0.29, 0.717) is 5.92 Å². The van der Waals surface area contributed by atoms with E-state index in [0.717, 1.165) is 42.3 Å². The number of nitrogens with zero attached hydrogens (tertiary/aromatic N) is 2. The van der Waals surface area contributed by atoms with E-state index in [4.69, 9.17) is 4.74 Å². The summed E-state index contributed by atoms with van der Waals surface area (Å²) in [5, 5.41) is 0. The number of amides is 1. The summed E-state index contributed by atoms with van der Waals surface area (Å²) in [6, 6.07) is 14.7. The fourth-order valence-corrected chi connectivity index (χ4v) is 5.19. The maximum absolute atomic E-state index is 12.8. The zero-order valence-electron chi connectivity index (χ0n) is 17.0. The van der Waals surface area contributed by atoms with Gasteiger partial charge in [-0.2, -0.15) is 0 Å². The number of nitrogens with one attached hydrogen (secondary N) is 1. The first-order chi connectivity index (χ1) is 14.0. The van der Waals surface area contributed by atoms with E-state index in [9.17, 15) is 4.79 Å². The maximum atomic E-state index is 12.8. The third-order valence-electron chi connectivity index (χ3n) is 6.59. The van der Waals surface area contributed by atoms with Crippen LogP contribution in [0.2, 0.25) is 0 Å². The van der Waals surface area contributed by atoms with Crippen LogP contribution in [0.3, 0.4) is 0 Å². The summed E-state index contributed by atoms with van der Waals surface area (Å²) < 4.78 is 5.81. The summed E-state index contributed by atoms with van der Waals surface area (Å²) in [4.78, 5) is 22.7. The summed E-state index contributed by atoms with van der Waals surface area (Å²) >= 11 is 0. The van der Waals surface area contributed by atoms with Crippen molar-refractivity contribution in [3.8, 4) is 0 Å². The second kappa shape index (κ2) is 6.90. The number of benzene rings is 1. The number of pyridine rings is 1. The average Bonchev–Trinajstić information content (AvgIpc) is 3.29. The van der Waals surface area contributed by atoms with E-state index in [2.05, 4.69) is 28.2 Å². The van der Waals surface area contributed by atoms with Gasteiger partial charge in [0.05, 0.1) is 17.1 Å². The van der Waals surface area contributed by atoms with E-state index in [1.165, 1.54) is 5.56 Å². The Labute approximate surface area is 171 Å². The molecule has 1 unspecified atom stereocenters. The molecule has 0 radical (unpaired) electrons. The quantitative estimate of drug-likeness (QED) is 0.638. The molecule has 1 saturated heterocycles. The van der Waals surface area contributed by atoms with E-state index in [1.54, 1.807) is 0 Å². The summed E-state index contributed by atoms with van der Waals surface area (Å²) in [6.45, 7) is 4.04. The number of rotatable bonds is 3. The highest BCUT2D eigenvalue weighted by atomic mass is 16.6. The van der Waals surface area contributed by atoms with Gasteiger partial charge in [0.25, 0.3) is 0 Å². The van der Waals surface area contributed by atoms with Crippen molar-refractivity contribution in [3.05, 3.63) is 66.0 Å². The lowest BCUT2D eigenvalue weighted by atomic mass is 9.80. The van der Waals surface area contributed by atoms with Crippen molar-refractivity contribution in [2.75, 3.05) is 0 Å². The van der Waals surface area contributed by atoms with Gasteiger partial charge >= 0.3 is 6.09 Å². The Morgan fingerprint density at radius 3 is 2.59 bits per heavy atom. The van der Waals surface area contributed by atoms with Crippen molar-refractivity contribution >= 4 is 17.1 Å². The van der Waals surface area contributed by atoms with Gasteiger partial charge in [0, 0.05) is 18.4 Å². The van der Waals surface area contributed by atoms with Gasteiger partial charge in [-0.15, -0.1) is 0 Å². The van der Waals surface area contributed by atoms with Gasteiger partial charge in [0.2, 0.25) is 0 Å². The topological polar surface area (TPSA) is 58.2 Å². The van der Waals surface area contributed by atoms with Gasteiger partial charge in [0.15, 0.2) is 0 Å². The lowest BCUT2D eigenvalue weighted by Crippen LogP contribution is -2.42. The van der Waals surface area contributed by atoms with Crippen molar-refractivity contribution in [2.24, 2.45) is 0 Å². The van der Waals surface area contributed by atoms with Crippen LogP contribution in [0.1, 0.15) is 62.6 Å². The minimum atomic E-state index is -0.530. The first-order valence-corrected chi connectivity index (χ1v) is 10.5. The summed E-state index contributed by atoms with van der Waals surface area (Å²) in [5.74, 6) is 0.494. The molecule has 3 aromatic rings. The predicted octanol–water partition coefficient (Wildman–Crippen LogP) is 5.56. The molecule has 29 heavy (non-hydrogen) atoms. The predicted molar refractivity (Wildman–Crippen MR) is 113 cm³/mol. The zero-order valence-corrected chi connectivity index (χ0v) is 17.0. The zero-order chi connectivity index (χ0) is 20.0. The molecule has 1 aliphatic carbocycles. The van der Waals surface area contributed by atoms with Crippen molar-refractivity contribution in [1.82, 2.24) is 14.9 Å². The lowest BCUT2D eigenvalue weighted by molar-refractivity contribution is 0.0664. The van der Waals surface area contributed by atoms with Crippen LogP contribution in [0.4, 0.5) is 4.79 Å². The molecule has 1 N–H and O–H groups in total. The molecular formula is C24H27N3O2. The standard InChI is InChI=1S/C24H27N3O2/c1-24(2)22(17-6-4-3-5-7-17)27(23(28)29-24)19-10-8-16(9-11-19)18-14-21-20(26-15-18)12-13-25-21/h3-7,12-16,19,22,25H,8-11H2,1-2H3. The van der Waals surface area contributed by atoms with Gasteiger partial charge in [-0.25, -0.2) is 4.79 Å². The minimum absolute atomic E-state index is 0.0466. The highest BCUT2D eigenvalue weighted by molar-refractivity contribution is 5.75. The maximum Gasteiger partial charge on any atom is 0.411 e. The van der Waals surface area contributed by atoms with Crippen molar-refractivity contribution < 1.29 is 9.53 Å². The van der Waals surface area contributed by atoms with Crippen LogP contribution in [0.15, 0.2) is 54.9 Å². The fourth-order valence-electron chi connectivity index (χ4n) is 5.19. The number of aromatic amines is 1. The Kier molecular flexibility index (Phi) is 4.34. The van der Waals surface area contributed by atoms with E-state index in [-0.39, 0.29) is 18.2 Å². The first-order valence-electron chi connectivity index (χ1n) is 10.5. The number of H-pyrrole nitrogens is 1. The molecule has 1 aliphatic heterocycles. The van der Waals surface area contributed by atoms with Crippen LogP contribution in [-0.2, 0) is 4.74 Å². The van der Waals surface area contributed by atoms with Crippen molar-refractivity contribution in [2.45, 2.75) is 63.1 Å². The SMILES string of the molecule is CC1(C)OC(=O)N(C2CCC(c3cnc4cc[nH]c4c3)CC2)C1c1ccccc1. The molecular weight excluding hydrogens is 362 g/mol. The molecule has 1 aromatic carbocycles. The van der Waals surface area contributed by atoms with Gasteiger partial charge in [0.1, 0.15) is 5.60 Å². The molecule has 0 spiro atoms. The average molecular weight is 389 g/mol. The van der Waals surface area contributed by atoms with Gasteiger partial charge in [-0.05, 0) is 68.7 Å². The van der Waals surface area contributed by atoms with Crippen LogP contribution in [-0.4, -0.2) is 32.6 Å². The summed E-state index contributed by atoms with van der Waals surface area (Å²) in [6.07, 6.45) is 7.87. The third-order valence-corrected chi connectivity index (χ3v) is 6.59. The number of carbonyl (C=O) groups is 1. The van der Waals surface area contributed by atoms with Crippen LogP contribution in [0, 0.1) is 0 Å². The number of cyclic esters (lactones) is 1. The van der Waals surface area contributed by atoms with E-state index < -0.39 is 5.60 Å². The Morgan fingerprint density at radius 1 is 1.07 bits per heavy atom. The number of carbonyl (C=O) groups excluding carboxylic acids is 1. The molecule has 2 fully saturated rings. The van der Waals surface area contributed by atoms with Crippen molar-refractivity contribution in [3.63, 3.8) is 0 Å². The fraction of sp³-hybridized carbons (Fsp3) is 0.417. The van der Waals surface area contributed by atoms with Crippen molar-refractivity contribution in [1.29, 1.82) is 0 Å². The molecule has 1 atom stereocenters. The molecule has 2 aromatic heterocycles. The van der Waals surface area contributed by atoms with Crippen LogP contribution in [0.25, 0.3) is 11.0 Å². The van der Waals surface area contributed by atoms with Crippen LogP contribution < -0.4 is 0 Å².